The van der Waals surface area contributed by atoms with E-state index in [9.17, 15) is 9.18 Å². The molecule has 1 aromatic carbocycles. The fraction of sp³-hybridized carbons (Fsp3) is 0.182. The summed E-state index contributed by atoms with van der Waals surface area (Å²) in [5.74, 6) is -0.489. The van der Waals surface area contributed by atoms with E-state index in [1.165, 1.54) is 6.07 Å². The van der Waals surface area contributed by atoms with Crippen LogP contribution in [0.3, 0.4) is 0 Å². The van der Waals surface area contributed by atoms with Crippen molar-refractivity contribution in [1.82, 2.24) is 4.98 Å². The molecule has 2 nitrogen and oxygen atoms in total. The van der Waals surface area contributed by atoms with Gasteiger partial charge in [-0.3, -0.25) is 4.79 Å². The predicted molar refractivity (Wildman–Crippen MR) is 61.0 cm³/mol. The van der Waals surface area contributed by atoms with E-state index in [0.29, 0.717) is 16.5 Å². The Balaban J connectivity index is 2.67. The molecule has 2 rings (SSSR count). The van der Waals surface area contributed by atoms with Crippen molar-refractivity contribution >= 4 is 32.6 Å². The summed E-state index contributed by atoms with van der Waals surface area (Å²) in [5, 5.41) is 0.369. The number of halogens is 2. The van der Waals surface area contributed by atoms with E-state index in [1.807, 2.05) is 0 Å². The van der Waals surface area contributed by atoms with Crippen LogP contribution in [0, 0.1) is 5.82 Å². The number of Topliss-reactive ketones (excluding diaryl/α,β-unsaturated/α-hetero) is 1. The summed E-state index contributed by atoms with van der Waals surface area (Å²) in [5.41, 5.74) is 1.04. The molecular weight excluding hydrogens is 261 g/mol. The minimum absolute atomic E-state index is 0.119. The first-order chi connectivity index (χ1) is 7.11. The van der Waals surface area contributed by atoms with Crippen molar-refractivity contribution < 1.29 is 9.18 Å². The summed E-state index contributed by atoms with van der Waals surface area (Å²) in [7, 11) is 0. The number of fused-ring (bicyclic) bond motifs is 1. The number of rotatable bonds is 2. The molecule has 0 aliphatic rings. The normalized spacial score (nSPS) is 13.0. The van der Waals surface area contributed by atoms with Crippen LogP contribution in [0.2, 0.25) is 0 Å². The van der Waals surface area contributed by atoms with E-state index in [-0.39, 0.29) is 16.4 Å². The maximum Gasteiger partial charge on any atom is 0.178 e. The molecule has 0 radical (unpaired) electrons. The van der Waals surface area contributed by atoms with Crippen molar-refractivity contribution in [2.24, 2.45) is 0 Å². The Bertz CT molecular complexity index is 518. The van der Waals surface area contributed by atoms with Crippen LogP contribution in [0.1, 0.15) is 17.3 Å². The molecule has 15 heavy (non-hydrogen) atoms. The SMILES string of the molecule is CC(Br)C(=O)c1c[nH]c2cccc(F)c12. The van der Waals surface area contributed by atoms with Crippen LogP contribution in [0.25, 0.3) is 10.9 Å². The quantitative estimate of drug-likeness (QED) is 0.659. The molecule has 1 unspecified atom stereocenters. The van der Waals surface area contributed by atoms with Gasteiger partial charge in [0.1, 0.15) is 5.82 Å². The molecule has 2 aromatic rings. The topological polar surface area (TPSA) is 32.9 Å². The summed E-state index contributed by atoms with van der Waals surface area (Å²) in [4.78, 5) is 14.3. The highest BCUT2D eigenvalue weighted by Gasteiger charge is 2.18. The van der Waals surface area contributed by atoms with E-state index in [4.69, 9.17) is 0 Å². The van der Waals surface area contributed by atoms with Crippen LogP contribution in [0.5, 0.6) is 0 Å². The molecule has 0 fully saturated rings. The number of ketones is 1. The zero-order valence-corrected chi connectivity index (χ0v) is 9.64. The van der Waals surface area contributed by atoms with Crippen LogP contribution in [0.4, 0.5) is 4.39 Å². The summed E-state index contributed by atoms with van der Waals surface area (Å²) in [6, 6.07) is 4.71. The summed E-state index contributed by atoms with van der Waals surface area (Å²) >= 11 is 3.19. The van der Waals surface area contributed by atoms with Crippen molar-refractivity contribution in [1.29, 1.82) is 0 Å². The van der Waals surface area contributed by atoms with Crippen molar-refractivity contribution in [2.75, 3.05) is 0 Å². The zero-order chi connectivity index (χ0) is 11.0. The van der Waals surface area contributed by atoms with Gasteiger partial charge in [-0.1, -0.05) is 22.0 Å². The Labute approximate surface area is 94.6 Å². The Kier molecular flexibility index (Phi) is 2.61. The number of hydrogen-bond acceptors (Lipinski definition) is 1. The van der Waals surface area contributed by atoms with Crippen LogP contribution in [-0.2, 0) is 0 Å². The first-order valence-corrected chi connectivity index (χ1v) is 5.46. The summed E-state index contributed by atoms with van der Waals surface area (Å²) in [6.07, 6.45) is 1.55. The Morgan fingerprint density at radius 3 is 2.93 bits per heavy atom. The number of benzene rings is 1. The third-order valence-electron chi connectivity index (χ3n) is 2.28. The van der Waals surface area contributed by atoms with E-state index in [0.717, 1.165) is 0 Å². The van der Waals surface area contributed by atoms with Crippen LogP contribution >= 0.6 is 15.9 Å². The van der Waals surface area contributed by atoms with Gasteiger partial charge < -0.3 is 4.98 Å². The molecule has 0 bridgehead atoms. The predicted octanol–water partition coefficient (Wildman–Crippen LogP) is 3.27. The molecule has 1 atom stereocenters. The Morgan fingerprint density at radius 2 is 2.27 bits per heavy atom. The third-order valence-corrected chi connectivity index (χ3v) is 2.70. The molecule has 0 aliphatic heterocycles. The van der Waals surface area contributed by atoms with Gasteiger partial charge in [-0.2, -0.15) is 0 Å². The first kappa shape index (κ1) is 10.4. The van der Waals surface area contributed by atoms with Gasteiger partial charge in [0.25, 0.3) is 0 Å². The van der Waals surface area contributed by atoms with Gasteiger partial charge in [-0.25, -0.2) is 4.39 Å². The highest BCUT2D eigenvalue weighted by molar-refractivity contribution is 9.10. The fourth-order valence-electron chi connectivity index (χ4n) is 1.55. The molecule has 0 spiro atoms. The molecule has 0 saturated heterocycles. The monoisotopic (exact) mass is 269 g/mol. The second-order valence-electron chi connectivity index (χ2n) is 3.34. The largest absolute Gasteiger partial charge is 0.360 e. The van der Waals surface area contributed by atoms with Crippen molar-refractivity contribution in [3.63, 3.8) is 0 Å². The maximum absolute atomic E-state index is 13.5. The van der Waals surface area contributed by atoms with Crippen molar-refractivity contribution in [3.05, 3.63) is 35.8 Å². The molecule has 4 heteroatoms. The Morgan fingerprint density at radius 1 is 1.53 bits per heavy atom. The highest BCUT2D eigenvalue weighted by atomic mass is 79.9. The average molecular weight is 270 g/mol. The molecule has 0 amide bonds. The molecule has 1 N–H and O–H groups in total. The summed E-state index contributed by atoms with van der Waals surface area (Å²) in [6.45, 7) is 1.72. The molecule has 0 aliphatic carbocycles. The minimum Gasteiger partial charge on any atom is -0.360 e. The maximum atomic E-state index is 13.5. The van der Waals surface area contributed by atoms with Crippen LogP contribution in [-0.4, -0.2) is 15.6 Å². The van der Waals surface area contributed by atoms with Gasteiger partial charge in [0.2, 0.25) is 0 Å². The molecule has 0 saturated carbocycles. The number of alkyl halides is 1. The van der Waals surface area contributed by atoms with E-state index >= 15 is 0 Å². The lowest BCUT2D eigenvalue weighted by atomic mass is 10.1. The number of carbonyl (C=O) groups is 1. The minimum atomic E-state index is -0.370. The van der Waals surface area contributed by atoms with Gasteiger partial charge in [0, 0.05) is 22.7 Å². The lowest BCUT2D eigenvalue weighted by Crippen LogP contribution is -2.09. The van der Waals surface area contributed by atoms with E-state index in [1.54, 1.807) is 25.3 Å². The number of nitrogens with one attached hydrogen (secondary N) is 1. The van der Waals surface area contributed by atoms with Gasteiger partial charge in [-0.05, 0) is 19.1 Å². The van der Waals surface area contributed by atoms with Gasteiger partial charge >= 0.3 is 0 Å². The molecule has 78 valence electrons. The average Bonchev–Trinajstić information content (AvgIpc) is 2.61. The lowest BCUT2D eigenvalue weighted by molar-refractivity contribution is 0.0997. The number of aromatic amines is 1. The number of aromatic nitrogens is 1. The van der Waals surface area contributed by atoms with E-state index < -0.39 is 0 Å². The standard InChI is InChI=1S/C11H9BrFNO/c1-6(12)11(15)7-5-14-9-4-2-3-8(13)10(7)9/h2-6,14H,1H3. The first-order valence-electron chi connectivity index (χ1n) is 4.55. The summed E-state index contributed by atoms with van der Waals surface area (Å²) < 4.78 is 13.5. The second-order valence-corrected chi connectivity index (χ2v) is 4.72. The molecule has 1 aromatic heterocycles. The molecular formula is C11H9BrFNO. The zero-order valence-electron chi connectivity index (χ0n) is 8.05. The fourth-order valence-corrected chi connectivity index (χ4v) is 1.80. The third kappa shape index (κ3) is 1.69. The smallest absolute Gasteiger partial charge is 0.178 e. The number of H-pyrrole nitrogens is 1. The lowest BCUT2D eigenvalue weighted by Gasteiger charge is -2.01. The van der Waals surface area contributed by atoms with Gasteiger partial charge in [0.15, 0.2) is 5.78 Å². The highest BCUT2D eigenvalue weighted by Crippen LogP contribution is 2.23. The van der Waals surface area contributed by atoms with Gasteiger partial charge in [-0.15, -0.1) is 0 Å². The number of hydrogen-bond donors (Lipinski definition) is 1. The van der Waals surface area contributed by atoms with Gasteiger partial charge in [0.05, 0.1) is 4.83 Å². The van der Waals surface area contributed by atoms with Crippen molar-refractivity contribution in [2.45, 2.75) is 11.8 Å². The van der Waals surface area contributed by atoms with Crippen LogP contribution < -0.4 is 0 Å². The molecule has 1 heterocycles. The number of carbonyl (C=O) groups excluding carboxylic acids is 1. The second kappa shape index (κ2) is 3.77. The van der Waals surface area contributed by atoms with E-state index in [2.05, 4.69) is 20.9 Å². The van der Waals surface area contributed by atoms with Crippen molar-refractivity contribution in [3.8, 4) is 0 Å². The van der Waals surface area contributed by atoms with Crippen LogP contribution in [0.15, 0.2) is 24.4 Å². The Hall–Kier alpha value is -1.16.